The van der Waals surface area contributed by atoms with E-state index < -0.39 is 16.1 Å². The number of rotatable bonds is 14. The Balaban J connectivity index is 1.21. The highest BCUT2D eigenvalue weighted by molar-refractivity contribution is 7.90. The van der Waals surface area contributed by atoms with Crippen molar-refractivity contribution < 1.29 is 32.3 Å². The van der Waals surface area contributed by atoms with E-state index >= 15 is 0 Å². The van der Waals surface area contributed by atoms with Crippen LogP contribution in [0.1, 0.15) is 52.0 Å². The second-order valence-electron chi connectivity index (χ2n) is 12.5. The number of imidazole rings is 1. The first kappa shape index (κ1) is 37.1. The van der Waals surface area contributed by atoms with Crippen molar-refractivity contribution in [1.29, 1.82) is 0 Å². The maximum absolute atomic E-state index is 13.7. The number of piperazine rings is 1. The van der Waals surface area contributed by atoms with Crippen LogP contribution in [-0.4, -0.2) is 99.9 Å². The Bertz CT molecular complexity index is 2010. The van der Waals surface area contributed by atoms with Gasteiger partial charge in [-0.3, -0.25) is 14.4 Å². The van der Waals surface area contributed by atoms with Gasteiger partial charge in [0.2, 0.25) is 11.9 Å². The van der Waals surface area contributed by atoms with Gasteiger partial charge in [0.25, 0.3) is 22.0 Å². The maximum Gasteiger partial charge on any atom is 0.298 e. The molecule has 15 nitrogen and oxygen atoms in total. The van der Waals surface area contributed by atoms with Crippen LogP contribution in [0, 0.1) is 6.92 Å². The molecule has 0 unspecified atom stereocenters. The summed E-state index contributed by atoms with van der Waals surface area (Å²) < 4.78 is 36.6. The lowest BCUT2D eigenvalue weighted by molar-refractivity contribution is -0.132. The van der Waals surface area contributed by atoms with E-state index in [0.29, 0.717) is 41.2 Å². The van der Waals surface area contributed by atoms with Gasteiger partial charge in [0, 0.05) is 45.2 Å². The number of amides is 3. The Kier molecular flexibility index (Phi) is 11.8. The quantitative estimate of drug-likeness (QED) is 0.141. The van der Waals surface area contributed by atoms with Gasteiger partial charge in [0.05, 0.1) is 36.2 Å². The molecule has 3 amide bonds. The fourth-order valence-electron chi connectivity index (χ4n) is 5.78. The molecule has 0 spiro atoms. The molecule has 272 valence electrons. The first-order valence-electron chi connectivity index (χ1n) is 16.6. The van der Waals surface area contributed by atoms with Crippen LogP contribution in [0.2, 0.25) is 0 Å². The number of methoxy groups -OCH3 is 1. The molecule has 1 aliphatic rings. The van der Waals surface area contributed by atoms with Crippen LogP contribution >= 0.6 is 0 Å². The predicted octanol–water partition coefficient (Wildman–Crippen LogP) is 3.74. The Morgan fingerprint density at radius 3 is 2.49 bits per heavy atom. The number of aromatic nitrogens is 2. The summed E-state index contributed by atoms with van der Waals surface area (Å²) in [5, 5.41) is 7.83. The van der Waals surface area contributed by atoms with Crippen molar-refractivity contribution in [1.82, 2.24) is 19.8 Å². The normalized spacial score (nSPS) is 13.5. The minimum atomic E-state index is -4.08. The third-order valence-corrected chi connectivity index (χ3v) is 9.10. The van der Waals surface area contributed by atoms with Gasteiger partial charge in [-0.05, 0) is 81.3 Å². The van der Waals surface area contributed by atoms with E-state index in [2.05, 4.69) is 32.0 Å². The maximum atomic E-state index is 13.7. The highest BCUT2D eigenvalue weighted by atomic mass is 32.2. The van der Waals surface area contributed by atoms with E-state index in [0.717, 1.165) is 51.0 Å². The average Bonchev–Trinajstić information content (AvgIpc) is 3.50. The van der Waals surface area contributed by atoms with Gasteiger partial charge >= 0.3 is 0 Å². The average molecular weight is 721 g/mol. The molecule has 0 radical (unpaired) electrons. The van der Waals surface area contributed by atoms with Crippen molar-refractivity contribution >= 4 is 56.3 Å². The second-order valence-corrected chi connectivity index (χ2v) is 13.8. The molecule has 1 aromatic heterocycles. The molecule has 0 saturated carbocycles. The molecule has 4 aromatic rings. The van der Waals surface area contributed by atoms with E-state index in [4.69, 9.17) is 14.6 Å². The number of unbranched alkanes of at least 4 members (excludes halogenated alkanes) is 2. The number of hydrogen-bond donors (Lipinski definition) is 4. The summed E-state index contributed by atoms with van der Waals surface area (Å²) in [6.45, 7) is 5.78. The largest absolute Gasteiger partial charge is 0.495 e. The van der Waals surface area contributed by atoms with Crippen molar-refractivity contribution in [3.63, 3.8) is 0 Å². The standard InChI is InChI=1S/C35H44N8O7S/c1-23-12-15-28(30(21-23)50-20-7-5-6-11-31(44)43-18-16-41(2)17-19-43)42(3)34(46)24-13-14-26(29(22-24)49-4)37-33(45)25-9-8-10-27-32(25)39-35(38-27)40-51(36,47)48/h8-10,12-15,21-22H,5-7,11,16-20H2,1-4H3,(H,37,45)(H2,36,47,48)(H2,38,39,40). The van der Waals surface area contributed by atoms with Crippen molar-refractivity contribution in [2.24, 2.45) is 5.14 Å². The molecule has 0 aliphatic carbocycles. The number of para-hydroxylation sites is 1. The van der Waals surface area contributed by atoms with Crippen LogP contribution in [0.3, 0.4) is 0 Å². The molecule has 5 N–H and O–H groups in total. The van der Waals surface area contributed by atoms with E-state index in [1.165, 1.54) is 24.1 Å². The molecule has 0 atom stereocenters. The molecule has 1 saturated heterocycles. The van der Waals surface area contributed by atoms with Crippen LogP contribution in [-0.2, 0) is 15.0 Å². The summed E-state index contributed by atoms with van der Waals surface area (Å²) in [6.07, 6.45) is 2.95. The highest BCUT2D eigenvalue weighted by Gasteiger charge is 2.22. The monoisotopic (exact) mass is 720 g/mol. The molecule has 5 rings (SSSR count). The molecule has 1 fully saturated rings. The topological polar surface area (TPSA) is 192 Å². The minimum absolute atomic E-state index is 0.135. The summed E-state index contributed by atoms with van der Waals surface area (Å²) >= 11 is 0. The fraction of sp³-hybridized carbons (Fsp3) is 0.371. The number of aryl methyl sites for hydroxylation is 1. The Morgan fingerprint density at radius 2 is 1.76 bits per heavy atom. The van der Waals surface area contributed by atoms with Crippen molar-refractivity contribution in [2.45, 2.75) is 32.6 Å². The number of anilines is 3. The van der Waals surface area contributed by atoms with Crippen LogP contribution in [0.4, 0.5) is 17.3 Å². The van der Waals surface area contributed by atoms with Gasteiger partial charge in [-0.25, -0.2) is 14.8 Å². The summed E-state index contributed by atoms with van der Waals surface area (Å²) in [6, 6.07) is 15.1. The fourth-order valence-corrected chi connectivity index (χ4v) is 6.15. The number of H-pyrrole nitrogens is 1. The zero-order chi connectivity index (χ0) is 36.7. The Morgan fingerprint density at radius 1 is 1.00 bits per heavy atom. The highest BCUT2D eigenvalue weighted by Crippen LogP contribution is 2.32. The van der Waals surface area contributed by atoms with Crippen LogP contribution in [0.15, 0.2) is 54.6 Å². The number of nitrogens with zero attached hydrogens (tertiary/aromatic N) is 4. The van der Waals surface area contributed by atoms with E-state index in [1.54, 1.807) is 31.3 Å². The third kappa shape index (κ3) is 9.53. The number of ether oxygens (including phenoxy) is 2. The van der Waals surface area contributed by atoms with Crippen LogP contribution in [0.25, 0.3) is 11.0 Å². The number of hydrogen-bond acceptors (Lipinski definition) is 9. The molecule has 3 aromatic carbocycles. The minimum Gasteiger partial charge on any atom is -0.495 e. The van der Waals surface area contributed by atoms with Gasteiger partial charge in [0.15, 0.2) is 0 Å². The van der Waals surface area contributed by atoms with Gasteiger partial charge in [-0.15, -0.1) is 0 Å². The van der Waals surface area contributed by atoms with Gasteiger partial charge in [-0.1, -0.05) is 12.1 Å². The van der Waals surface area contributed by atoms with E-state index in [9.17, 15) is 22.8 Å². The number of aromatic amines is 1. The zero-order valence-corrected chi connectivity index (χ0v) is 30.0. The van der Waals surface area contributed by atoms with Crippen LogP contribution in [0.5, 0.6) is 11.5 Å². The first-order valence-corrected chi connectivity index (χ1v) is 18.1. The molecule has 2 heterocycles. The van der Waals surface area contributed by atoms with Crippen molar-refractivity contribution in [2.75, 3.05) is 68.9 Å². The Hall–Kier alpha value is -5.19. The molecule has 1 aliphatic heterocycles. The smallest absolute Gasteiger partial charge is 0.298 e. The number of fused-ring (bicyclic) bond motifs is 1. The Labute approximate surface area is 297 Å². The van der Waals surface area contributed by atoms with E-state index in [-0.39, 0.29) is 34.6 Å². The summed E-state index contributed by atoms with van der Waals surface area (Å²) in [5.41, 5.74) is 3.00. The van der Waals surface area contributed by atoms with Crippen molar-refractivity contribution in [3.05, 3.63) is 71.3 Å². The van der Waals surface area contributed by atoms with Gasteiger partial charge in [-0.2, -0.15) is 8.42 Å². The summed E-state index contributed by atoms with van der Waals surface area (Å²) in [4.78, 5) is 52.2. The number of carbonyl (C=O) groups is 3. The van der Waals surface area contributed by atoms with Crippen molar-refractivity contribution in [3.8, 4) is 11.5 Å². The SMILES string of the molecule is COc1cc(C(=O)N(C)c2ccc(C)cc2OCCCCCC(=O)N2CCN(C)CC2)ccc1NC(=O)c1cccc2[nH]c(NS(N)(=O)=O)nc12. The number of nitrogens with two attached hydrogens (primary N) is 1. The molecular formula is C35H44N8O7S. The second kappa shape index (κ2) is 16.2. The molecule has 16 heteroatoms. The van der Waals surface area contributed by atoms with E-state index in [1.807, 2.05) is 30.0 Å². The lowest BCUT2D eigenvalue weighted by Crippen LogP contribution is -2.47. The molecule has 51 heavy (non-hydrogen) atoms. The van der Waals surface area contributed by atoms with Crippen LogP contribution < -0.4 is 29.6 Å². The number of carbonyl (C=O) groups excluding carboxylic acids is 3. The number of likely N-dealkylation sites (N-methyl/N-ethyl adjacent to an activating group) is 1. The molecule has 0 bridgehead atoms. The summed E-state index contributed by atoms with van der Waals surface area (Å²) in [7, 11) is 1.08. The third-order valence-electron chi connectivity index (χ3n) is 8.62. The van der Waals surface area contributed by atoms with Gasteiger partial charge < -0.3 is 34.5 Å². The van der Waals surface area contributed by atoms with Gasteiger partial charge in [0.1, 0.15) is 17.0 Å². The lowest BCUT2D eigenvalue weighted by atomic mass is 10.1. The molecular weight excluding hydrogens is 677 g/mol. The zero-order valence-electron chi connectivity index (χ0n) is 29.2. The summed E-state index contributed by atoms with van der Waals surface area (Å²) in [5.74, 6) is 0.0413. The predicted molar refractivity (Wildman–Crippen MR) is 196 cm³/mol. The lowest BCUT2D eigenvalue weighted by Gasteiger charge is -2.32. The number of benzene rings is 3. The first-order chi connectivity index (χ1) is 24.3. The number of nitrogens with one attached hydrogen (secondary N) is 3.